The van der Waals surface area contributed by atoms with Crippen molar-refractivity contribution in [1.29, 1.82) is 0 Å². The van der Waals surface area contributed by atoms with E-state index in [0.29, 0.717) is 5.65 Å². The fraction of sp³-hybridized carbons (Fsp3) is 0.480. The number of aliphatic imine (C=N–C) groups is 1. The molecule has 5 N–H and O–H groups in total. The summed E-state index contributed by atoms with van der Waals surface area (Å²) < 4.78 is 1.57. The van der Waals surface area contributed by atoms with E-state index in [1.54, 1.807) is 4.57 Å². The standard InChI is InChI=1S/C19H23N7O.C6H14/c1-12-8-14-10-26(19(27)24-17(14)22-12)16-4-2-13(3-5-16)9-25-7-6-15(11-25)23-18(20)21;1-3-5-6-4-2/h2-5,8,10,15H,6-7,9,11H2,1H3,(H4,20,21,23)(H,22,24,27);3-6H2,1-2H3/t15-;/m1./s1. The highest BCUT2D eigenvalue weighted by Gasteiger charge is 2.21. The molecule has 0 aliphatic carbocycles. The summed E-state index contributed by atoms with van der Waals surface area (Å²) in [5.41, 5.74) is 14.2. The van der Waals surface area contributed by atoms with Crippen molar-refractivity contribution in [3.8, 4) is 5.69 Å². The quantitative estimate of drug-likeness (QED) is 0.289. The number of guanidine groups is 1. The lowest BCUT2D eigenvalue weighted by Crippen LogP contribution is -2.27. The Balaban J connectivity index is 0.000000454. The van der Waals surface area contributed by atoms with Gasteiger partial charge < -0.3 is 16.5 Å². The summed E-state index contributed by atoms with van der Waals surface area (Å²) in [5.74, 6) is 0.153. The Morgan fingerprint density at radius 2 is 1.88 bits per heavy atom. The van der Waals surface area contributed by atoms with Gasteiger partial charge in [-0.05, 0) is 37.1 Å². The van der Waals surface area contributed by atoms with E-state index in [0.717, 1.165) is 42.8 Å². The normalized spacial score (nSPS) is 15.9. The summed E-state index contributed by atoms with van der Waals surface area (Å²) >= 11 is 0. The van der Waals surface area contributed by atoms with Gasteiger partial charge in [-0.25, -0.2) is 9.79 Å². The maximum Gasteiger partial charge on any atom is 0.354 e. The number of nitrogens with one attached hydrogen (secondary N) is 1. The lowest BCUT2D eigenvalue weighted by Gasteiger charge is -2.15. The number of likely N-dealkylation sites (tertiary alicyclic amines) is 1. The Labute approximate surface area is 195 Å². The summed E-state index contributed by atoms with van der Waals surface area (Å²) in [6.07, 6.45) is 8.32. The summed E-state index contributed by atoms with van der Waals surface area (Å²) in [7, 11) is 0. The first-order valence-corrected chi connectivity index (χ1v) is 11.9. The molecule has 0 bridgehead atoms. The highest BCUT2D eigenvalue weighted by molar-refractivity contribution is 5.76. The first-order chi connectivity index (χ1) is 15.9. The number of aromatic nitrogens is 3. The van der Waals surface area contributed by atoms with Crippen molar-refractivity contribution in [3.05, 3.63) is 58.3 Å². The molecule has 3 aromatic rings. The van der Waals surface area contributed by atoms with Crippen molar-refractivity contribution in [3.63, 3.8) is 0 Å². The molecule has 8 nitrogen and oxygen atoms in total. The van der Waals surface area contributed by atoms with Gasteiger partial charge in [0.2, 0.25) is 0 Å². The highest BCUT2D eigenvalue weighted by atomic mass is 16.1. The SMILES string of the molecule is CCCCCC.Cc1cc2cn(-c3ccc(CN4CC[C@@H](N=C(N)N)C4)cc3)c(=O)nc2[nH]1. The number of hydrogen-bond donors (Lipinski definition) is 3. The minimum Gasteiger partial charge on any atom is -0.370 e. The zero-order chi connectivity index (χ0) is 23.8. The molecule has 1 aliphatic heterocycles. The number of rotatable bonds is 7. The van der Waals surface area contributed by atoms with Crippen molar-refractivity contribution in [2.45, 2.75) is 65.5 Å². The molecule has 1 atom stereocenters. The molecule has 4 rings (SSSR count). The number of unbranched alkanes of at least 4 members (excludes halogenated alkanes) is 3. The summed E-state index contributed by atoms with van der Waals surface area (Å²) in [4.78, 5) is 26.1. The van der Waals surface area contributed by atoms with E-state index in [2.05, 4.69) is 33.7 Å². The number of aromatic amines is 1. The van der Waals surface area contributed by atoms with E-state index in [-0.39, 0.29) is 17.7 Å². The number of nitrogens with zero attached hydrogens (tertiary/aromatic N) is 4. The molecule has 0 saturated carbocycles. The van der Waals surface area contributed by atoms with Crippen LogP contribution in [0.4, 0.5) is 0 Å². The fourth-order valence-electron chi connectivity index (χ4n) is 4.11. The number of nitrogens with two attached hydrogens (primary N) is 2. The molecule has 1 aromatic carbocycles. The molecule has 1 aliphatic rings. The van der Waals surface area contributed by atoms with Gasteiger partial charge in [-0.1, -0.05) is 51.7 Å². The Kier molecular flexibility index (Phi) is 8.65. The van der Waals surface area contributed by atoms with E-state index in [9.17, 15) is 4.79 Å². The fourth-order valence-corrected chi connectivity index (χ4v) is 4.11. The van der Waals surface area contributed by atoms with Crippen molar-refractivity contribution < 1.29 is 0 Å². The number of H-pyrrole nitrogens is 1. The van der Waals surface area contributed by atoms with E-state index in [1.807, 2.05) is 43.5 Å². The third kappa shape index (κ3) is 6.92. The third-order valence-corrected chi connectivity index (χ3v) is 5.80. The smallest absolute Gasteiger partial charge is 0.354 e. The molecule has 8 heteroatoms. The molecule has 0 radical (unpaired) electrons. The molecule has 0 spiro atoms. The van der Waals surface area contributed by atoms with Crippen LogP contribution in [0.1, 0.15) is 57.2 Å². The molecular weight excluding hydrogens is 414 g/mol. The van der Waals surface area contributed by atoms with Crippen LogP contribution < -0.4 is 17.2 Å². The second-order valence-corrected chi connectivity index (χ2v) is 8.75. The molecule has 0 unspecified atom stereocenters. The van der Waals surface area contributed by atoms with Gasteiger partial charge in [0, 0.05) is 36.9 Å². The Morgan fingerprint density at radius 3 is 2.52 bits per heavy atom. The summed E-state index contributed by atoms with van der Waals surface area (Å²) in [6, 6.07) is 10.1. The number of benzene rings is 1. The zero-order valence-electron chi connectivity index (χ0n) is 20.1. The van der Waals surface area contributed by atoms with Crippen LogP contribution >= 0.6 is 0 Å². The van der Waals surface area contributed by atoms with Crippen LogP contribution in [0.2, 0.25) is 0 Å². The molecule has 178 valence electrons. The monoisotopic (exact) mass is 451 g/mol. The van der Waals surface area contributed by atoms with E-state index >= 15 is 0 Å². The van der Waals surface area contributed by atoms with Crippen LogP contribution in [-0.4, -0.2) is 44.5 Å². The Morgan fingerprint density at radius 1 is 1.18 bits per heavy atom. The Hall–Kier alpha value is -3.13. The van der Waals surface area contributed by atoms with Crippen LogP contribution in [0.3, 0.4) is 0 Å². The molecular formula is C25H37N7O. The molecule has 1 saturated heterocycles. The number of fused-ring (bicyclic) bond motifs is 1. The van der Waals surface area contributed by atoms with Gasteiger partial charge >= 0.3 is 5.69 Å². The van der Waals surface area contributed by atoms with Crippen LogP contribution in [0, 0.1) is 6.92 Å². The lowest BCUT2D eigenvalue weighted by molar-refractivity contribution is 0.327. The van der Waals surface area contributed by atoms with Crippen molar-refractivity contribution in [2.75, 3.05) is 13.1 Å². The van der Waals surface area contributed by atoms with E-state index < -0.39 is 0 Å². The van der Waals surface area contributed by atoms with Gasteiger partial charge in [-0.15, -0.1) is 0 Å². The predicted molar refractivity (Wildman–Crippen MR) is 136 cm³/mol. The van der Waals surface area contributed by atoms with Crippen molar-refractivity contribution in [1.82, 2.24) is 19.4 Å². The largest absolute Gasteiger partial charge is 0.370 e. The molecule has 0 amide bonds. The van der Waals surface area contributed by atoms with Crippen molar-refractivity contribution in [2.24, 2.45) is 16.5 Å². The van der Waals surface area contributed by atoms with Gasteiger partial charge in [0.25, 0.3) is 0 Å². The second kappa shape index (κ2) is 11.7. The first-order valence-electron chi connectivity index (χ1n) is 11.9. The summed E-state index contributed by atoms with van der Waals surface area (Å²) in [6.45, 7) is 9.06. The summed E-state index contributed by atoms with van der Waals surface area (Å²) in [5, 5.41) is 0.916. The van der Waals surface area contributed by atoms with Crippen LogP contribution in [0.5, 0.6) is 0 Å². The lowest BCUT2D eigenvalue weighted by atomic mass is 10.2. The van der Waals surface area contributed by atoms with Gasteiger partial charge in [0.05, 0.1) is 11.7 Å². The van der Waals surface area contributed by atoms with Gasteiger partial charge in [0.15, 0.2) is 5.96 Å². The topological polar surface area (TPSA) is 118 Å². The van der Waals surface area contributed by atoms with Gasteiger partial charge in [0.1, 0.15) is 5.65 Å². The maximum absolute atomic E-state index is 12.3. The number of hydrogen-bond acceptors (Lipinski definition) is 4. The molecule has 3 heterocycles. The highest BCUT2D eigenvalue weighted by Crippen LogP contribution is 2.18. The van der Waals surface area contributed by atoms with Gasteiger partial charge in [-0.3, -0.25) is 9.47 Å². The van der Waals surface area contributed by atoms with Crippen LogP contribution in [0.25, 0.3) is 16.7 Å². The van der Waals surface area contributed by atoms with E-state index in [4.69, 9.17) is 11.5 Å². The van der Waals surface area contributed by atoms with Crippen LogP contribution in [-0.2, 0) is 6.54 Å². The average Bonchev–Trinajstić information content (AvgIpc) is 3.36. The minimum absolute atomic E-state index is 0.153. The van der Waals surface area contributed by atoms with E-state index in [1.165, 1.54) is 31.2 Å². The maximum atomic E-state index is 12.3. The van der Waals surface area contributed by atoms with Crippen LogP contribution in [0.15, 0.2) is 46.3 Å². The third-order valence-electron chi connectivity index (χ3n) is 5.80. The van der Waals surface area contributed by atoms with Gasteiger partial charge in [-0.2, -0.15) is 4.98 Å². The second-order valence-electron chi connectivity index (χ2n) is 8.75. The zero-order valence-corrected chi connectivity index (χ0v) is 20.1. The minimum atomic E-state index is -0.295. The Bertz CT molecular complexity index is 1110. The first kappa shape index (κ1) is 24.5. The molecule has 33 heavy (non-hydrogen) atoms. The molecule has 1 fully saturated rings. The average molecular weight is 452 g/mol. The molecule has 2 aromatic heterocycles. The van der Waals surface area contributed by atoms with Crippen molar-refractivity contribution >= 4 is 17.0 Å². The predicted octanol–water partition coefficient (Wildman–Crippen LogP) is 3.46. The number of aryl methyl sites for hydroxylation is 1.